The maximum Gasteiger partial charge on any atom is 0.249 e. The Hall–Kier alpha value is 0.110. The summed E-state index contributed by atoms with van der Waals surface area (Å²) in [6.45, 7) is 2.21. The van der Waals surface area contributed by atoms with E-state index in [1.165, 1.54) is 0 Å². The minimum absolute atomic E-state index is 0. The molecule has 1 N–H and O–H groups in total. The van der Waals surface area contributed by atoms with Crippen LogP contribution in [0.5, 0.6) is 0 Å². The SMILES string of the molecule is CC(F)(F)C1CCNC1.Cl. The minimum atomic E-state index is -2.48. The smallest absolute Gasteiger partial charge is 0.249 e. The lowest BCUT2D eigenvalue weighted by molar-refractivity contribution is -0.0314. The first-order chi connectivity index (χ1) is 4.11. The van der Waals surface area contributed by atoms with Crippen molar-refractivity contribution in [3.63, 3.8) is 0 Å². The molecule has 1 nitrogen and oxygen atoms in total. The number of halogens is 3. The lowest BCUT2D eigenvalue weighted by atomic mass is 10.0. The molecule has 1 aliphatic rings. The van der Waals surface area contributed by atoms with Crippen molar-refractivity contribution in [3.8, 4) is 0 Å². The fourth-order valence-corrected chi connectivity index (χ4v) is 1.09. The lowest BCUT2D eigenvalue weighted by Crippen LogP contribution is -2.26. The number of nitrogens with one attached hydrogen (secondary N) is 1. The standard InChI is InChI=1S/C6H11F2N.ClH/c1-6(7,8)5-2-3-9-4-5;/h5,9H,2-4H2,1H3;1H. The Bertz CT molecular complexity index is 96.4. The number of rotatable bonds is 1. The Labute approximate surface area is 65.6 Å². The molecule has 0 aromatic heterocycles. The first-order valence-electron chi connectivity index (χ1n) is 3.19. The second kappa shape index (κ2) is 3.49. The van der Waals surface area contributed by atoms with Gasteiger partial charge in [0.25, 0.3) is 0 Å². The topological polar surface area (TPSA) is 12.0 Å². The van der Waals surface area contributed by atoms with Gasteiger partial charge in [0, 0.05) is 12.5 Å². The number of alkyl halides is 2. The summed E-state index contributed by atoms with van der Waals surface area (Å²) in [4.78, 5) is 0. The summed E-state index contributed by atoms with van der Waals surface area (Å²) in [6, 6.07) is 0. The van der Waals surface area contributed by atoms with Crippen molar-refractivity contribution in [2.45, 2.75) is 19.3 Å². The third kappa shape index (κ3) is 2.39. The highest BCUT2D eigenvalue weighted by Gasteiger charge is 2.35. The van der Waals surface area contributed by atoms with E-state index in [0.29, 0.717) is 13.0 Å². The normalized spacial score (nSPS) is 26.1. The van der Waals surface area contributed by atoms with Gasteiger partial charge in [0.2, 0.25) is 5.92 Å². The van der Waals surface area contributed by atoms with Crippen molar-refractivity contribution >= 4 is 12.4 Å². The molecule has 0 aromatic carbocycles. The Morgan fingerprint density at radius 3 is 2.30 bits per heavy atom. The van der Waals surface area contributed by atoms with E-state index in [0.717, 1.165) is 13.5 Å². The Balaban J connectivity index is 0.000000810. The Kier molecular flexibility index (Phi) is 3.52. The summed E-state index contributed by atoms with van der Waals surface area (Å²) >= 11 is 0. The van der Waals surface area contributed by atoms with Gasteiger partial charge < -0.3 is 5.32 Å². The third-order valence-corrected chi connectivity index (χ3v) is 1.78. The van der Waals surface area contributed by atoms with Crippen LogP contribution in [0.1, 0.15) is 13.3 Å². The molecule has 62 valence electrons. The Morgan fingerprint density at radius 1 is 1.50 bits per heavy atom. The summed E-state index contributed by atoms with van der Waals surface area (Å²) < 4.78 is 24.8. The lowest BCUT2D eigenvalue weighted by Gasteiger charge is -2.16. The van der Waals surface area contributed by atoms with Gasteiger partial charge >= 0.3 is 0 Å². The molecule has 0 aliphatic carbocycles. The number of hydrogen-bond acceptors (Lipinski definition) is 1. The van der Waals surface area contributed by atoms with Gasteiger partial charge in [-0.05, 0) is 19.9 Å². The van der Waals surface area contributed by atoms with Gasteiger partial charge in [0.15, 0.2) is 0 Å². The molecule has 1 saturated heterocycles. The molecule has 1 unspecified atom stereocenters. The van der Waals surface area contributed by atoms with Crippen molar-refractivity contribution < 1.29 is 8.78 Å². The van der Waals surface area contributed by atoms with Crippen LogP contribution in [0.2, 0.25) is 0 Å². The van der Waals surface area contributed by atoms with Crippen LogP contribution < -0.4 is 5.32 Å². The zero-order valence-electron chi connectivity index (χ0n) is 5.86. The van der Waals surface area contributed by atoms with Crippen molar-refractivity contribution in [2.24, 2.45) is 5.92 Å². The van der Waals surface area contributed by atoms with E-state index in [1.807, 2.05) is 0 Å². The molecule has 4 heteroatoms. The zero-order chi connectivity index (χ0) is 6.91. The van der Waals surface area contributed by atoms with Gasteiger partial charge in [-0.25, -0.2) is 8.78 Å². The summed E-state index contributed by atoms with van der Waals surface area (Å²) in [5.41, 5.74) is 0. The molecular formula is C6H12ClF2N. The highest BCUT2D eigenvalue weighted by atomic mass is 35.5. The van der Waals surface area contributed by atoms with Crippen LogP contribution in [0.4, 0.5) is 8.78 Å². The highest BCUT2D eigenvalue weighted by Crippen LogP contribution is 2.27. The first kappa shape index (κ1) is 10.1. The molecule has 1 fully saturated rings. The van der Waals surface area contributed by atoms with Gasteiger partial charge in [-0.3, -0.25) is 0 Å². The summed E-state index contributed by atoms with van der Waals surface area (Å²) in [5.74, 6) is -2.92. The van der Waals surface area contributed by atoms with Crippen LogP contribution in [0.15, 0.2) is 0 Å². The molecule has 1 aliphatic heterocycles. The van der Waals surface area contributed by atoms with Crippen molar-refractivity contribution in [1.82, 2.24) is 5.32 Å². The van der Waals surface area contributed by atoms with Crippen LogP contribution in [-0.4, -0.2) is 19.0 Å². The van der Waals surface area contributed by atoms with E-state index in [9.17, 15) is 8.78 Å². The molecule has 0 amide bonds. The minimum Gasteiger partial charge on any atom is -0.316 e. The summed E-state index contributed by atoms with van der Waals surface area (Å²) in [5, 5.41) is 2.90. The molecule has 0 saturated carbocycles. The second-order valence-corrected chi connectivity index (χ2v) is 2.65. The van der Waals surface area contributed by atoms with Crippen LogP contribution in [-0.2, 0) is 0 Å². The average Bonchev–Trinajstić information content (AvgIpc) is 2.08. The van der Waals surface area contributed by atoms with Crippen LogP contribution in [0, 0.1) is 5.92 Å². The largest absolute Gasteiger partial charge is 0.316 e. The van der Waals surface area contributed by atoms with E-state index in [-0.39, 0.29) is 12.4 Å². The summed E-state index contributed by atoms with van der Waals surface area (Å²) in [6.07, 6.45) is 0.615. The Morgan fingerprint density at radius 2 is 2.10 bits per heavy atom. The van der Waals surface area contributed by atoms with Crippen molar-refractivity contribution in [3.05, 3.63) is 0 Å². The second-order valence-electron chi connectivity index (χ2n) is 2.65. The molecule has 0 radical (unpaired) electrons. The molecule has 1 atom stereocenters. The predicted octanol–water partition coefficient (Wildman–Crippen LogP) is 1.67. The molecule has 10 heavy (non-hydrogen) atoms. The molecule has 1 heterocycles. The van der Waals surface area contributed by atoms with Gasteiger partial charge in [0.05, 0.1) is 0 Å². The fraction of sp³-hybridized carbons (Fsp3) is 1.00. The highest BCUT2D eigenvalue weighted by molar-refractivity contribution is 5.85. The van der Waals surface area contributed by atoms with E-state index < -0.39 is 11.8 Å². The van der Waals surface area contributed by atoms with Crippen molar-refractivity contribution in [1.29, 1.82) is 0 Å². The predicted molar refractivity (Wildman–Crippen MR) is 38.8 cm³/mol. The van der Waals surface area contributed by atoms with Gasteiger partial charge in [-0.1, -0.05) is 0 Å². The van der Waals surface area contributed by atoms with Crippen LogP contribution in [0.3, 0.4) is 0 Å². The van der Waals surface area contributed by atoms with Gasteiger partial charge in [-0.15, -0.1) is 12.4 Å². The number of hydrogen-bond donors (Lipinski definition) is 1. The maximum absolute atomic E-state index is 12.4. The molecule has 1 rings (SSSR count). The first-order valence-corrected chi connectivity index (χ1v) is 3.19. The molecule has 0 aromatic rings. The fourth-order valence-electron chi connectivity index (χ4n) is 1.09. The zero-order valence-corrected chi connectivity index (χ0v) is 6.68. The van der Waals surface area contributed by atoms with E-state index in [1.54, 1.807) is 0 Å². The molecular weight excluding hydrogens is 160 g/mol. The quantitative estimate of drug-likeness (QED) is 0.633. The van der Waals surface area contributed by atoms with Crippen molar-refractivity contribution in [2.75, 3.05) is 13.1 Å². The van der Waals surface area contributed by atoms with Gasteiger partial charge in [0.1, 0.15) is 0 Å². The van der Waals surface area contributed by atoms with Gasteiger partial charge in [-0.2, -0.15) is 0 Å². The van der Waals surface area contributed by atoms with Crippen LogP contribution in [0.25, 0.3) is 0 Å². The molecule has 0 bridgehead atoms. The van der Waals surface area contributed by atoms with E-state index in [4.69, 9.17) is 0 Å². The average molecular weight is 172 g/mol. The molecule has 0 spiro atoms. The third-order valence-electron chi connectivity index (χ3n) is 1.78. The van der Waals surface area contributed by atoms with Crippen LogP contribution >= 0.6 is 12.4 Å². The van der Waals surface area contributed by atoms with E-state index >= 15 is 0 Å². The monoisotopic (exact) mass is 171 g/mol. The summed E-state index contributed by atoms with van der Waals surface area (Å²) in [7, 11) is 0. The van der Waals surface area contributed by atoms with E-state index in [2.05, 4.69) is 5.32 Å². The maximum atomic E-state index is 12.4.